The minimum Gasteiger partial charge on any atom is -0.462 e. The van der Waals surface area contributed by atoms with Gasteiger partial charge in [0.1, 0.15) is 0 Å². The number of carbonyl (C=O) groups is 1. The van der Waals surface area contributed by atoms with Crippen LogP contribution < -0.4 is 0 Å². The topological polar surface area (TPSA) is 26.3 Å². The number of allylic oxidation sites excluding steroid dienone is 2. The maximum Gasteiger partial charge on any atom is 0.361 e. The quantitative estimate of drug-likeness (QED) is 0.439. The number of hydrogen-bond donors (Lipinski definition) is 0. The largest absolute Gasteiger partial charge is 0.462 e. The van der Waals surface area contributed by atoms with Crippen molar-refractivity contribution in [2.24, 2.45) is 17.8 Å². The first-order valence-electron chi connectivity index (χ1n) is 9.14. The van der Waals surface area contributed by atoms with E-state index in [1.807, 2.05) is 6.92 Å². The van der Waals surface area contributed by atoms with Gasteiger partial charge >= 0.3 is 5.97 Å². The average Bonchev–Trinajstić information content (AvgIpc) is 2.44. The zero-order valence-electron chi connectivity index (χ0n) is 14.9. The molecule has 0 unspecified atom stereocenters. The fraction of sp³-hybridized carbons (Fsp3) is 0.842. The average molecular weight is 308 g/mol. The molecule has 2 aliphatic rings. The second-order valence-corrected chi connectivity index (χ2v) is 7.71. The van der Waals surface area contributed by atoms with Gasteiger partial charge in [-0.3, -0.25) is 0 Å². The summed E-state index contributed by atoms with van der Waals surface area (Å²) in [7, 11) is 0. The van der Waals surface area contributed by atoms with Crippen molar-refractivity contribution in [1.82, 2.24) is 0 Å². The fourth-order valence-electron chi connectivity index (χ4n) is 4.68. The maximum absolute atomic E-state index is 12.1. The van der Waals surface area contributed by atoms with Crippen molar-refractivity contribution in [3.8, 4) is 0 Å². The number of rotatable bonds is 5. The molecular weight excluding hydrogens is 274 g/mol. The molecule has 2 rings (SSSR count). The maximum atomic E-state index is 12.1. The molecule has 1 saturated heterocycles. The Morgan fingerprint density at radius 3 is 2.55 bits per heavy atom. The summed E-state index contributed by atoms with van der Waals surface area (Å²) in [5, 5.41) is 0. The molecule has 0 amide bonds. The molecule has 3 atom stereocenters. The summed E-state index contributed by atoms with van der Waals surface area (Å²) in [5.74, 6) is 2.03. The van der Waals surface area contributed by atoms with Gasteiger partial charge in [0.05, 0.1) is 26.2 Å². The van der Waals surface area contributed by atoms with Crippen LogP contribution >= 0.6 is 0 Å². The number of esters is 1. The number of ether oxygens (including phenoxy) is 1. The minimum atomic E-state index is -0.00719. The van der Waals surface area contributed by atoms with Crippen molar-refractivity contribution in [3.63, 3.8) is 0 Å². The van der Waals surface area contributed by atoms with Crippen LogP contribution in [0.15, 0.2) is 11.6 Å². The summed E-state index contributed by atoms with van der Waals surface area (Å²) in [6.07, 6.45) is 7.50. The van der Waals surface area contributed by atoms with Crippen LogP contribution in [0.4, 0.5) is 0 Å². The van der Waals surface area contributed by atoms with Gasteiger partial charge in [0.15, 0.2) is 6.54 Å². The molecular formula is C19H34NO2+. The van der Waals surface area contributed by atoms with Crippen molar-refractivity contribution in [2.45, 2.75) is 53.4 Å². The van der Waals surface area contributed by atoms with E-state index in [1.165, 1.54) is 31.3 Å². The minimum absolute atomic E-state index is 0.00719. The monoisotopic (exact) mass is 308 g/mol. The van der Waals surface area contributed by atoms with Crippen LogP contribution in [-0.4, -0.2) is 43.2 Å². The number of likely N-dealkylation sites (tertiary alicyclic amines) is 1. The Morgan fingerprint density at radius 2 is 1.95 bits per heavy atom. The van der Waals surface area contributed by atoms with E-state index in [0.717, 1.165) is 30.0 Å². The Kier molecular flexibility index (Phi) is 6.08. The molecule has 1 aliphatic heterocycles. The van der Waals surface area contributed by atoms with Crippen LogP contribution in [-0.2, 0) is 9.53 Å². The summed E-state index contributed by atoms with van der Waals surface area (Å²) in [6, 6.07) is 0. The molecule has 3 heteroatoms. The molecule has 0 aromatic heterocycles. The Balaban J connectivity index is 2.10. The van der Waals surface area contributed by atoms with Crippen molar-refractivity contribution in [3.05, 3.63) is 11.6 Å². The number of piperidine rings is 1. The molecule has 1 heterocycles. The zero-order valence-corrected chi connectivity index (χ0v) is 14.9. The molecule has 1 fully saturated rings. The third-order valence-electron chi connectivity index (χ3n) is 5.73. The lowest BCUT2D eigenvalue weighted by Gasteiger charge is -2.46. The Labute approximate surface area is 136 Å². The lowest BCUT2D eigenvalue weighted by molar-refractivity contribution is -0.929. The van der Waals surface area contributed by atoms with Gasteiger partial charge in [-0.1, -0.05) is 25.5 Å². The second-order valence-electron chi connectivity index (χ2n) is 7.71. The standard InChI is InChI=1S/C19H34NO2/c1-5-22-19(21)14-20(9-7-6-8-10-20)13-18-16(3)11-15(2)12-17(18)4/h11,16-18H,5-10,12-14H2,1-4H3/q+1/t16-,17+,18-/m0/s1. The first kappa shape index (κ1) is 17.5. The predicted molar refractivity (Wildman–Crippen MR) is 90.4 cm³/mol. The van der Waals surface area contributed by atoms with Gasteiger partial charge in [-0.25, -0.2) is 4.79 Å². The van der Waals surface area contributed by atoms with Gasteiger partial charge in [-0.2, -0.15) is 0 Å². The highest BCUT2D eigenvalue weighted by atomic mass is 16.5. The highest BCUT2D eigenvalue weighted by Gasteiger charge is 2.39. The first-order chi connectivity index (χ1) is 10.5. The lowest BCUT2D eigenvalue weighted by atomic mass is 9.74. The van der Waals surface area contributed by atoms with Gasteiger partial charge in [-0.05, 0) is 51.4 Å². The third kappa shape index (κ3) is 4.34. The van der Waals surface area contributed by atoms with E-state index in [9.17, 15) is 4.79 Å². The van der Waals surface area contributed by atoms with E-state index >= 15 is 0 Å². The predicted octanol–water partition coefficient (Wildman–Crippen LogP) is 3.79. The molecule has 3 nitrogen and oxygen atoms in total. The molecule has 0 radical (unpaired) electrons. The number of hydrogen-bond acceptors (Lipinski definition) is 2. The molecule has 22 heavy (non-hydrogen) atoms. The van der Waals surface area contributed by atoms with Crippen LogP contribution in [0.2, 0.25) is 0 Å². The fourth-order valence-corrected chi connectivity index (χ4v) is 4.68. The van der Waals surface area contributed by atoms with Gasteiger partial charge in [0.2, 0.25) is 0 Å². The summed E-state index contributed by atoms with van der Waals surface area (Å²) in [6.45, 7) is 13.4. The Morgan fingerprint density at radius 1 is 1.27 bits per heavy atom. The normalized spacial score (nSPS) is 31.5. The molecule has 1 aliphatic carbocycles. The molecule has 0 aromatic carbocycles. The summed E-state index contributed by atoms with van der Waals surface area (Å²) in [5.41, 5.74) is 1.53. The van der Waals surface area contributed by atoms with Crippen molar-refractivity contribution in [1.29, 1.82) is 0 Å². The van der Waals surface area contributed by atoms with Gasteiger partial charge in [-0.15, -0.1) is 0 Å². The highest BCUT2D eigenvalue weighted by molar-refractivity contribution is 5.70. The van der Waals surface area contributed by atoms with E-state index in [1.54, 1.807) is 0 Å². The molecule has 0 spiro atoms. The molecule has 0 bridgehead atoms. The lowest BCUT2D eigenvalue weighted by Crippen LogP contribution is -2.58. The summed E-state index contributed by atoms with van der Waals surface area (Å²) >= 11 is 0. The van der Waals surface area contributed by atoms with Crippen LogP contribution in [0.3, 0.4) is 0 Å². The van der Waals surface area contributed by atoms with E-state index < -0.39 is 0 Å². The van der Waals surface area contributed by atoms with Gasteiger partial charge in [0.25, 0.3) is 0 Å². The van der Waals surface area contributed by atoms with Crippen LogP contribution in [0.25, 0.3) is 0 Å². The number of carbonyl (C=O) groups excluding carboxylic acids is 1. The second kappa shape index (κ2) is 7.63. The third-order valence-corrected chi connectivity index (χ3v) is 5.73. The highest BCUT2D eigenvalue weighted by Crippen LogP contribution is 2.36. The molecule has 0 N–H and O–H groups in total. The Bertz CT molecular complexity index is 410. The van der Waals surface area contributed by atoms with E-state index in [-0.39, 0.29) is 5.97 Å². The van der Waals surface area contributed by atoms with Crippen molar-refractivity contribution < 1.29 is 14.0 Å². The van der Waals surface area contributed by atoms with Crippen LogP contribution in [0, 0.1) is 17.8 Å². The molecule has 126 valence electrons. The van der Waals surface area contributed by atoms with Gasteiger partial charge in [0, 0.05) is 5.92 Å². The molecule has 0 saturated carbocycles. The van der Waals surface area contributed by atoms with Gasteiger partial charge < -0.3 is 9.22 Å². The smallest absolute Gasteiger partial charge is 0.361 e. The molecule has 0 aromatic rings. The summed E-state index contributed by atoms with van der Waals surface area (Å²) < 4.78 is 6.23. The Hall–Kier alpha value is -0.830. The van der Waals surface area contributed by atoms with E-state index in [0.29, 0.717) is 25.0 Å². The van der Waals surface area contributed by atoms with E-state index in [4.69, 9.17) is 4.74 Å². The van der Waals surface area contributed by atoms with Crippen LogP contribution in [0.1, 0.15) is 53.4 Å². The van der Waals surface area contributed by atoms with Crippen molar-refractivity contribution >= 4 is 5.97 Å². The van der Waals surface area contributed by atoms with Crippen molar-refractivity contribution in [2.75, 3.05) is 32.8 Å². The number of nitrogens with zero attached hydrogens (tertiary/aromatic N) is 1. The van der Waals surface area contributed by atoms with Crippen LogP contribution in [0.5, 0.6) is 0 Å². The SMILES string of the molecule is CCOC(=O)C[N+]1(C[C@@H]2[C@H](C)CC(C)=C[C@@H]2C)CCCCC1. The zero-order chi connectivity index (χ0) is 16.2. The number of quaternary nitrogens is 1. The first-order valence-corrected chi connectivity index (χ1v) is 9.14. The summed E-state index contributed by atoms with van der Waals surface area (Å²) in [4.78, 5) is 12.1. The van der Waals surface area contributed by atoms with E-state index in [2.05, 4.69) is 26.8 Å².